The predicted molar refractivity (Wildman–Crippen MR) is 67.7 cm³/mol. The smallest absolute Gasteiger partial charge is 0.242 e. The van der Waals surface area contributed by atoms with Gasteiger partial charge in [-0.3, -0.25) is 0 Å². The van der Waals surface area contributed by atoms with Gasteiger partial charge in [0.25, 0.3) is 0 Å². The number of nitrogens with two attached hydrogens (primary N) is 1. The molecule has 94 valence electrons. The second-order valence-corrected chi connectivity index (χ2v) is 3.86. The van der Waals surface area contributed by atoms with Crippen LogP contribution in [0.1, 0.15) is 0 Å². The van der Waals surface area contributed by atoms with Crippen LogP contribution in [0.3, 0.4) is 0 Å². The van der Waals surface area contributed by atoms with Crippen LogP contribution in [-0.2, 0) is 0 Å². The Morgan fingerprint density at radius 2 is 2.11 bits per heavy atom. The average Bonchev–Trinajstić information content (AvgIpc) is 2.30. The lowest BCUT2D eigenvalue weighted by Crippen LogP contribution is -2.03. The molecule has 0 amide bonds. The zero-order valence-electron chi connectivity index (χ0n) is 9.45. The van der Waals surface area contributed by atoms with Gasteiger partial charge in [-0.05, 0) is 18.2 Å². The van der Waals surface area contributed by atoms with Crippen LogP contribution in [0, 0.1) is 5.82 Å². The fraction of sp³-hybridized carbons (Fsp3) is 0.0909. The number of nitrogen functional groups attached to an aromatic ring is 1. The van der Waals surface area contributed by atoms with Gasteiger partial charge >= 0.3 is 0 Å². The normalized spacial score (nSPS) is 10.2. The molecule has 0 fully saturated rings. The van der Waals surface area contributed by atoms with Crippen molar-refractivity contribution in [2.45, 2.75) is 0 Å². The first-order valence-corrected chi connectivity index (χ1v) is 5.35. The number of anilines is 3. The van der Waals surface area contributed by atoms with Crippen molar-refractivity contribution in [1.82, 2.24) is 9.97 Å². The van der Waals surface area contributed by atoms with Gasteiger partial charge in [-0.25, -0.2) is 9.37 Å². The zero-order chi connectivity index (χ0) is 13.1. The molecule has 0 aliphatic rings. The second-order valence-electron chi connectivity index (χ2n) is 3.43. The molecule has 0 saturated carbocycles. The van der Waals surface area contributed by atoms with Gasteiger partial charge in [0.05, 0.1) is 7.11 Å². The number of nitrogens with zero attached hydrogens (tertiary/aromatic N) is 2. The molecular weight excluding hydrogens is 259 g/mol. The highest BCUT2D eigenvalue weighted by Crippen LogP contribution is 2.28. The number of benzene rings is 1. The van der Waals surface area contributed by atoms with Crippen molar-refractivity contribution in [3.05, 3.63) is 35.4 Å². The lowest BCUT2D eigenvalue weighted by Gasteiger charge is -2.10. The molecule has 0 aliphatic heterocycles. The first-order valence-electron chi connectivity index (χ1n) is 4.97. The van der Waals surface area contributed by atoms with Gasteiger partial charge in [-0.15, -0.1) is 0 Å². The van der Waals surface area contributed by atoms with E-state index in [4.69, 9.17) is 22.1 Å². The quantitative estimate of drug-likeness (QED) is 0.895. The first-order chi connectivity index (χ1) is 8.60. The summed E-state index contributed by atoms with van der Waals surface area (Å²) in [5.74, 6) is 0.114. The summed E-state index contributed by atoms with van der Waals surface area (Å²) in [6.45, 7) is 0. The van der Waals surface area contributed by atoms with Crippen LogP contribution in [0.15, 0.2) is 24.5 Å². The van der Waals surface area contributed by atoms with Gasteiger partial charge in [0, 0.05) is 10.7 Å². The fourth-order valence-electron chi connectivity index (χ4n) is 1.40. The van der Waals surface area contributed by atoms with Crippen molar-refractivity contribution in [2.75, 3.05) is 18.2 Å². The SMILES string of the molecule is COc1ncnc(Nc2cc(F)cc(Cl)c2)c1N. The molecule has 2 rings (SSSR count). The predicted octanol–water partition coefficient (Wildman–Crippen LogP) is 2.60. The van der Waals surface area contributed by atoms with Crippen LogP contribution in [0.5, 0.6) is 5.88 Å². The molecule has 7 heteroatoms. The molecule has 0 unspecified atom stereocenters. The summed E-state index contributed by atoms with van der Waals surface area (Å²) in [5.41, 5.74) is 6.45. The Morgan fingerprint density at radius 3 is 2.78 bits per heavy atom. The monoisotopic (exact) mass is 268 g/mol. The maximum absolute atomic E-state index is 13.2. The summed E-state index contributed by atoms with van der Waals surface area (Å²) < 4.78 is 18.1. The number of ether oxygens (including phenoxy) is 1. The van der Waals surface area contributed by atoms with Crippen LogP contribution in [0.2, 0.25) is 5.02 Å². The fourth-order valence-corrected chi connectivity index (χ4v) is 1.63. The first kappa shape index (κ1) is 12.4. The molecule has 2 aromatic rings. The molecule has 0 atom stereocenters. The van der Waals surface area contributed by atoms with E-state index in [-0.39, 0.29) is 16.6 Å². The summed E-state index contributed by atoms with van der Waals surface area (Å²) in [6, 6.07) is 4.04. The van der Waals surface area contributed by atoms with Gasteiger partial charge in [-0.1, -0.05) is 11.6 Å². The number of aromatic nitrogens is 2. The molecule has 18 heavy (non-hydrogen) atoms. The van der Waals surface area contributed by atoms with Crippen LogP contribution in [0.4, 0.5) is 21.6 Å². The second kappa shape index (κ2) is 5.05. The van der Waals surface area contributed by atoms with Crippen molar-refractivity contribution in [3.8, 4) is 5.88 Å². The van der Waals surface area contributed by atoms with Crippen molar-refractivity contribution in [1.29, 1.82) is 0 Å². The van der Waals surface area contributed by atoms with Crippen LogP contribution in [-0.4, -0.2) is 17.1 Å². The van der Waals surface area contributed by atoms with Crippen LogP contribution in [0.25, 0.3) is 0 Å². The van der Waals surface area contributed by atoms with Crippen LogP contribution < -0.4 is 15.8 Å². The minimum Gasteiger partial charge on any atom is -0.479 e. The van der Waals surface area contributed by atoms with Crippen LogP contribution >= 0.6 is 11.6 Å². The molecular formula is C11H10ClFN4O. The Morgan fingerprint density at radius 1 is 1.33 bits per heavy atom. The van der Waals surface area contributed by atoms with E-state index in [0.717, 1.165) is 0 Å². The average molecular weight is 269 g/mol. The number of hydrogen-bond acceptors (Lipinski definition) is 5. The molecule has 3 N–H and O–H groups in total. The molecule has 0 aliphatic carbocycles. The molecule has 5 nitrogen and oxygen atoms in total. The summed E-state index contributed by atoms with van der Waals surface area (Å²) in [5, 5.41) is 3.12. The van der Waals surface area contributed by atoms with Gasteiger partial charge in [0.15, 0.2) is 5.82 Å². The van der Waals surface area contributed by atoms with E-state index in [2.05, 4.69) is 15.3 Å². The maximum Gasteiger partial charge on any atom is 0.242 e. The van der Waals surface area contributed by atoms with E-state index >= 15 is 0 Å². The third-order valence-electron chi connectivity index (χ3n) is 2.17. The Kier molecular flexibility index (Phi) is 3.47. The van der Waals surface area contributed by atoms with E-state index in [1.54, 1.807) is 6.07 Å². The number of nitrogens with one attached hydrogen (secondary N) is 1. The van der Waals surface area contributed by atoms with Gasteiger partial charge < -0.3 is 15.8 Å². The minimum absolute atomic E-state index is 0.236. The highest BCUT2D eigenvalue weighted by atomic mass is 35.5. The molecule has 0 spiro atoms. The molecule has 1 aromatic carbocycles. The van der Waals surface area contributed by atoms with Gasteiger partial charge in [-0.2, -0.15) is 4.98 Å². The maximum atomic E-state index is 13.2. The van der Waals surface area contributed by atoms with Crippen molar-refractivity contribution in [2.24, 2.45) is 0 Å². The summed E-state index contributed by atoms with van der Waals surface area (Å²) in [4.78, 5) is 7.78. The van der Waals surface area contributed by atoms with E-state index in [1.165, 1.54) is 25.6 Å². The van der Waals surface area contributed by atoms with E-state index in [1.807, 2.05) is 0 Å². The number of hydrogen-bond donors (Lipinski definition) is 2. The van der Waals surface area contributed by atoms with Crippen molar-refractivity contribution < 1.29 is 9.13 Å². The summed E-state index contributed by atoms with van der Waals surface area (Å²) >= 11 is 5.75. The Balaban J connectivity index is 2.34. The van der Waals surface area contributed by atoms with Crippen molar-refractivity contribution >= 4 is 28.8 Å². The Labute approximate surface area is 108 Å². The lowest BCUT2D eigenvalue weighted by molar-refractivity contribution is 0.399. The molecule has 1 aromatic heterocycles. The largest absolute Gasteiger partial charge is 0.479 e. The highest BCUT2D eigenvalue weighted by molar-refractivity contribution is 6.30. The number of methoxy groups -OCH3 is 1. The van der Waals surface area contributed by atoms with E-state index < -0.39 is 5.82 Å². The van der Waals surface area contributed by atoms with E-state index in [0.29, 0.717) is 11.5 Å². The standard InChI is InChI=1S/C11H10ClFN4O/c1-18-11-9(14)10(15-5-16-11)17-8-3-6(12)2-7(13)4-8/h2-5H,14H2,1H3,(H,15,16,17). The number of rotatable bonds is 3. The number of halogens is 2. The Hall–Kier alpha value is -2.08. The molecule has 0 radical (unpaired) electrons. The lowest BCUT2D eigenvalue weighted by atomic mass is 10.3. The third kappa shape index (κ3) is 2.60. The summed E-state index contributed by atoms with van der Waals surface area (Å²) in [6.07, 6.45) is 1.29. The zero-order valence-corrected chi connectivity index (χ0v) is 10.2. The van der Waals surface area contributed by atoms with Gasteiger partial charge in [0.2, 0.25) is 5.88 Å². The summed E-state index contributed by atoms with van der Waals surface area (Å²) in [7, 11) is 1.45. The van der Waals surface area contributed by atoms with Gasteiger partial charge in [0.1, 0.15) is 17.8 Å². The van der Waals surface area contributed by atoms with Crippen molar-refractivity contribution in [3.63, 3.8) is 0 Å². The molecule has 0 saturated heterocycles. The molecule has 0 bridgehead atoms. The Bertz CT molecular complexity index is 559. The highest BCUT2D eigenvalue weighted by Gasteiger charge is 2.09. The van der Waals surface area contributed by atoms with E-state index in [9.17, 15) is 4.39 Å². The topological polar surface area (TPSA) is 73.1 Å². The minimum atomic E-state index is -0.454. The molecule has 1 heterocycles. The third-order valence-corrected chi connectivity index (χ3v) is 2.38.